The largest absolute Gasteiger partial charge is 0.503 e. The number of carbonyl (C=O) groups is 2. The molecule has 2 heterocycles. The Bertz CT molecular complexity index is 1190. The Labute approximate surface area is 175 Å². The molecule has 1 amide bonds. The molecule has 6 nitrogen and oxygen atoms in total. The first-order chi connectivity index (χ1) is 14.5. The third-order valence-electron chi connectivity index (χ3n) is 4.62. The van der Waals surface area contributed by atoms with Crippen molar-refractivity contribution in [2.24, 2.45) is 0 Å². The summed E-state index contributed by atoms with van der Waals surface area (Å²) in [5.74, 6) is -2.75. The molecule has 0 spiro atoms. The van der Waals surface area contributed by atoms with Gasteiger partial charge in [-0.2, -0.15) is 0 Å². The fourth-order valence-corrected chi connectivity index (χ4v) is 3.97. The minimum atomic E-state index is -1.15. The third kappa shape index (κ3) is 3.53. The first-order valence-corrected chi connectivity index (χ1v) is 9.87. The number of nitrogens with zero attached hydrogens (tertiary/aromatic N) is 3. The number of halogens is 1. The quantitative estimate of drug-likeness (QED) is 0.625. The van der Waals surface area contributed by atoms with E-state index >= 15 is 0 Å². The molecule has 1 atom stereocenters. The van der Waals surface area contributed by atoms with Crippen molar-refractivity contribution in [3.8, 4) is 0 Å². The lowest BCUT2D eigenvalue weighted by Crippen LogP contribution is -2.31. The van der Waals surface area contributed by atoms with E-state index in [2.05, 4.69) is 10.2 Å². The number of aromatic nitrogens is 2. The first-order valence-electron chi connectivity index (χ1n) is 9.06. The van der Waals surface area contributed by atoms with Crippen LogP contribution in [0.3, 0.4) is 0 Å². The number of anilines is 1. The molecular formula is C22H16FN3O3S. The highest BCUT2D eigenvalue weighted by Crippen LogP contribution is 2.42. The minimum absolute atomic E-state index is 0.0826. The maximum absolute atomic E-state index is 14.7. The topological polar surface area (TPSA) is 83.4 Å². The fourth-order valence-electron chi connectivity index (χ4n) is 3.25. The van der Waals surface area contributed by atoms with Crippen LogP contribution in [-0.4, -0.2) is 27.0 Å². The summed E-state index contributed by atoms with van der Waals surface area (Å²) in [6.45, 7) is 1.71. The Balaban J connectivity index is 1.80. The van der Waals surface area contributed by atoms with Gasteiger partial charge >= 0.3 is 0 Å². The van der Waals surface area contributed by atoms with Gasteiger partial charge in [0.05, 0.1) is 5.57 Å². The Morgan fingerprint density at radius 1 is 1.13 bits per heavy atom. The number of amides is 1. The maximum Gasteiger partial charge on any atom is 0.296 e. The van der Waals surface area contributed by atoms with Gasteiger partial charge in [-0.05, 0) is 24.6 Å². The van der Waals surface area contributed by atoms with Crippen LogP contribution in [0, 0.1) is 12.7 Å². The van der Waals surface area contributed by atoms with Gasteiger partial charge in [0, 0.05) is 5.56 Å². The molecule has 1 aliphatic rings. The number of aryl methyl sites for hydroxylation is 1. The lowest BCUT2D eigenvalue weighted by Gasteiger charge is -2.24. The molecule has 1 aliphatic heterocycles. The molecular weight excluding hydrogens is 405 g/mol. The molecule has 30 heavy (non-hydrogen) atoms. The van der Waals surface area contributed by atoms with E-state index < -0.39 is 29.3 Å². The van der Waals surface area contributed by atoms with Crippen LogP contribution in [0.1, 0.15) is 22.2 Å². The van der Waals surface area contributed by atoms with Crippen molar-refractivity contribution in [1.82, 2.24) is 10.2 Å². The second-order valence-electron chi connectivity index (χ2n) is 6.57. The number of benzene rings is 2. The molecule has 0 aliphatic carbocycles. The minimum Gasteiger partial charge on any atom is -0.503 e. The number of allylic oxidation sites excluding steroid dienone is 1. The molecule has 8 heteroatoms. The molecule has 1 N–H and O–H groups in total. The zero-order valence-electron chi connectivity index (χ0n) is 15.8. The van der Waals surface area contributed by atoms with Crippen LogP contribution in [0.2, 0.25) is 0 Å². The van der Waals surface area contributed by atoms with Crippen molar-refractivity contribution in [2.45, 2.75) is 13.0 Å². The monoisotopic (exact) mass is 421 g/mol. The van der Waals surface area contributed by atoms with Gasteiger partial charge in [-0.1, -0.05) is 65.9 Å². The van der Waals surface area contributed by atoms with Crippen LogP contribution >= 0.6 is 11.3 Å². The Morgan fingerprint density at radius 3 is 2.50 bits per heavy atom. The van der Waals surface area contributed by atoms with Gasteiger partial charge in [0.2, 0.25) is 5.13 Å². The molecule has 0 saturated heterocycles. The van der Waals surface area contributed by atoms with Gasteiger partial charge in [-0.3, -0.25) is 14.5 Å². The molecule has 4 rings (SSSR count). The number of hydrogen-bond donors (Lipinski definition) is 1. The summed E-state index contributed by atoms with van der Waals surface area (Å²) in [5, 5.41) is 19.2. The van der Waals surface area contributed by atoms with Crippen LogP contribution in [0.25, 0.3) is 6.08 Å². The number of carbonyl (C=O) groups excluding carboxylic acids is 2. The van der Waals surface area contributed by atoms with Gasteiger partial charge in [-0.25, -0.2) is 4.39 Å². The van der Waals surface area contributed by atoms with E-state index in [9.17, 15) is 19.1 Å². The summed E-state index contributed by atoms with van der Waals surface area (Å²) in [7, 11) is 0. The Kier molecular flexibility index (Phi) is 5.24. The molecule has 2 aromatic carbocycles. The highest BCUT2D eigenvalue weighted by Gasteiger charge is 2.46. The number of aliphatic hydroxyl groups is 1. The highest BCUT2D eigenvalue weighted by molar-refractivity contribution is 7.15. The van der Waals surface area contributed by atoms with E-state index in [4.69, 9.17) is 0 Å². The second-order valence-corrected chi connectivity index (χ2v) is 7.73. The van der Waals surface area contributed by atoms with Crippen LogP contribution in [-0.2, 0) is 9.59 Å². The summed E-state index contributed by atoms with van der Waals surface area (Å²) in [6, 6.07) is 13.8. The fraction of sp³-hybridized carbons (Fsp3) is 0.0909. The summed E-state index contributed by atoms with van der Waals surface area (Å²) < 4.78 is 14.7. The number of hydrogen-bond acceptors (Lipinski definition) is 6. The van der Waals surface area contributed by atoms with Crippen molar-refractivity contribution < 1.29 is 19.1 Å². The first kappa shape index (κ1) is 19.7. The summed E-state index contributed by atoms with van der Waals surface area (Å²) in [6.07, 6.45) is 2.83. The molecule has 0 radical (unpaired) electrons. The van der Waals surface area contributed by atoms with Crippen molar-refractivity contribution >= 4 is 34.2 Å². The van der Waals surface area contributed by atoms with Crippen molar-refractivity contribution in [3.63, 3.8) is 0 Å². The van der Waals surface area contributed by atoms with Crippen molar-refractivity contribution in [1.29, 1.82) is 0 Å². The molecule has 0 bridgehead atoms. The molecule has 3 aromatic rings. The highest BCUT2D eigenvalue weighted by atomic mass is 32.1. The summed E-state index contributed by atoms with van der Waals surface area (Å²) in [4.78, 5) is 27.0. The predicted octanol–water partition coefficient (Wildman–Crippen LogP) is 4.17. The van der Waals surface area contributed by atoms with Crippen molar-refractivity contribution in [3.05, 3.63) is 94.0 Å². The zero-order valence-corrected chi connectivity index (χ0v) is 16.6. The Morgan fingerprint density at radius 2 is 1.83 bits per heavy atom. The molecule has 0 fully saturated rings. The van der Waals surface area contributed by atoms with Crippen molar-refractivity contribution in [2.75, 3.05) is 4.90 Å². The number of aliphatic hydroxyl groups excluding tert-OH is 1. The normalized spacial score (nSPS) is 16.7. The van der Waals surface area contributed by atoms with E-state index in [0.29, 0.717) is 5.01 Å². The molecule has 1 aromatic heterocycles. The third-order valence-corrected chi connectivity index (χ3v) is 5.46. The van der Waals surface area contributed by atoms with Gasteiger partial charge in [0.1, 0.15) is 16.9 Å². The molecule has 0 saturated carbocycles. The molecule has 1 unspecified atom stereocenters. The predicted molar refractivity (Wildman–Crippen MR) is 111 cm³/mol. The molecule has 150 valence electrons. The summed E-state index contributed by atoms with van der Waals surface area (Å²) >= 11 is 1.11. The maximum atomic E-state index is 14.7. The van der Waals surface area contributed by atoms with Crippen LogP contribution in [0.5, 0.6) is 0 Å². The van der Waals surface area contributed by atoms with Gasteiger partial charge < -0.3 is 5.11 Å². The number of ketones is 1. The van der Waals surface area contributed by atoms with Crippen LogP contribution < -0.4 is 4.90 Å². The van der Waals surface area contributed by atoms with E-state index in [1.54, 1.807) is 19.1 Å². The van der Waals surface area contributed by atoms with E-state index in [0.717, 1.165) is 21.8 Å². The smallest absolute Gasteiger partial charge is 0.296 e. The lowest BCUT2D eigenvalue weighted by atomic mass is 9.95. The average molecular weight is 421 g/mol. The zero-order chi connectivity index (χ0) is 21.3. The van der Waals surface area contributed by atoms with E-state index in [1.165, 1.54) is 24.3 Å². The SMILES string of the molecule is Cc1nnc(N2C(=O)C(O)=C(C(=O)C=Cc3ccccc3)C2c2ccccc2F)s1. The summed E-state index contributed by atoms with van der Waals surface area (Å²) in [5.41, 5.74) is 0.652. The van der Waals surface area contributed by atoms with Gasteiger partial charge in [-0.15, -0.1) is 10.2 Å². The lowest BCUT2D eigenvalue weighted by molar-refractivity contribution is -0.117. The van der Waals surface area contributed by atoms with Crippen LogP contribution in [0.15, 0.2) is 72.0 Å². The van der Waals surface area contributed by atoms with E-state index in [1.807, 2.05) is 30.3 Å². The van der Waals surface area contributed by atoms with Gasteiger partial charge in [0.25, 0.3) is 5.91 Å². The standard InChI is InChI=1S/C22H16FN3O3S/c1-13-24-25-22(30-13)26-19(15-9-5-6-10-16(15)23)18(20(28)21(26)29)17(27)12-11-14-7-3-2-4-8-14/h2-12,19,28H,1H3. The number of rotatable bonds is 5. The average Bonchev–Trinajstić information content (AvgIpc) is 3.28. The van der Waals surface area contributed by atoms with E-state index in [-0.39, 0.29) is 16.3 Å². The van der Waals surface area contributed by atoms with Gasteiger partial charge in [0.15, 0.2) is 11.5 Å². The second kappa shape index (κ2) is 8.00. The Hall–Kier alpha value is -3.65. The van der Waals surface area contributed by atoms with Crippen LogP contribution in [0.4, 0.5) is 9.52 Å².